The molecule has 204 valence electrons. The molecule has 0 aliphatic carbocycles. The molecule has 1 aliphatic rings. The molecule has 1 aliphatic heterocycles. The number of nitrogens with zero attached hydrogens (tertiary/aromatic N) is 6. The summed E-state index contributed by atoms with van der Waals surface area (Å²) in [5.41, 5.74) is 3.85. The second-order valence-corrected chi connectivity index (χ2v) is 10.1. The number of tetrazole rings is 1. The number of hydrogen-bond donors (Lipinski definition) is 1. The van der Waals surface area contributed by atoms with E-state index in [-0.39, 0.29) is 11.4 Å². The van der Waals surface area contributed by atoms with E-state index in [1.165, 1.54) is 6.07 Å². The number of benzene rings is 3. The summed E-state index contributed by atoms with van der Waals surface area (Å²) in [6.07, 6.45) is 0. The molecule has 0 spiro atoms. The van der Waals surface area contributed by atoms with Gasteiger partial charge in [0.25, 0.3) is 5.56 Å². The number of aryl methyl sites for hydroxylation is 1. The van der Waals surface area contributed by atoms with E-state index in [1.807, 2.05) is 60.4 Å². The van der Waals surface area contributed by atoms with Crippen LogP contribution in [0.3, 0.4) is 0 Å². The summed E-state index contributed by atoms with van der Waals surface area (Å²) in [6.45, 7) is 4.85. The zero-order chi connectivity index (χ0) is 27.6. The summed E-state index contributed by atoms with van der Waals surface area (Å²) in [6, 6.07) is 22.0. The third kappa shape index (κ3) is 5.05. The van der Waals surface area contributed by atoms with Gasteiger partial charge in [-0.2, -0.15) is 0 Å². The quantitative estimate of drug-likeness (QED) is 0.335. The van der Waals surface area contributed by atoms with Gasteiger partial charge in [-0.15, -0.1) is 5.10 Å². The average molecular weight is 540 g/mol. The molecule has 9 nitrogen and oxygen atoms in total. The molecule has 0 radical (unpaired) electrons. The molecule has 0 saturated carbocycles. The molecular weight excluding hydrogens is 509 g/mol. The van der Waals surface area contributed by atoms with E-state index in [9.17, 15) is 9.18 Å². The van der Waals surface area contributed by atoms with Crippen LogP contribution in [0.2, 0.25) is 0 Å². The zero-order valence-electron chi connectivity index (χ0n) is 22.4. The molecule has 0 amide bonds. The molecule has 0 unspecified atom stereocenters. The van der Waals surface area contributed by atoms with Crippen LogP contribution in [0.5, 0.6) is 5.75 Å². The van der Waals surface area contributed by atoms with Crippen molar-refractivity contribution in [3.63, 3.8) is 0 Å². The van der Waals surface area contributed by atoms with E-state index >= 15 is 0 Å². The Morgan fingerprint density at radius 3 is 2.52 bits per heavy atom. The standard InChI is InChI=1S/C30H30FN7O2/c1-20-7-12-26-22(17-20)18-24(30(39)32-26)28(37-15-13-36(14-16-37)27-6-4-3-5-25(27)31)29-33-34-35-38(29)19-21-8-10-23(40-2)11-9-21/h3-12,17-18,28H,13-16,19H2,1-2H3,(H,32,39)/t28-/m1/s1. The van der Waals surface area contributed by atoms with Crippen LogP contribution in [0.15, 0.2) is 77.6 Å². The molecule has 3 heterocycles. The maximum absolute atomic E-state index is 14.5. The van der Waals surface area contributed by atoms with Crippen LogP contribution in [-0.4, -0.2) is 63.4 Å². The SMILES string of the molecule is COc1ccc(Cn2nnnc2[C@@H](c2cc3cc(C)ccc3[nH]c2=O)N2CCN(c3ccccc3F)CC2)cc1. The first-order chi connectivity index (χ1) is 19.5. The topological polar surface area (TPSA) is 92.2 Å². The molecule has 0 bridgehead atoms. The summed E-state index contributed by atoms with van der Waals surface area (Å²) in [5.74, 6) is 1.11. The fraction of sp³-hybridized carbons (Fsp3) is 0.267. The minimum absolute atomic E-state index is 0.183. The third-order valence-corrected chi connectivity index (χ3v) is 7.49. The van der Waals surface area contributed by atoms with Crippen LogP contribution in [0.4, 0.5) is 10.1 Å². The number of pyridine rings is 1. The second-order valence-electron chi connectivity index (χ2n) is 10.1. The van der Waals surface area contributed by atoms with Crippen molar-refractivity contribution in [1.29, 1.82) is 0 Å². The number of nitrogens with one attached hydrogen (secondary N) is 1. The molecule has 1 atom stereocenters. The first-order valence-electron chi connectivity index (χ1n) is 13.3. The van der Waals surface area contributed by atoms with Gasteiger partial charge in [-0.1, -0.05) is 35.9 Å². The molecule has 6 rings (SSSR count). The van der Waals surface area contributed by atoms with E-state index in [0.29, 0.717) is 49.8 Å². The Kier molecular flexibility index (Phi) is 7.00. The van der Waals surface area contributed by atoms with Gasteiger partial charge in [0, 0.05) is 37.3 Å². The van der Waals surface area contributed by atoms with Gasteiger partial charge >= 0.3 is 0 Å². The Morgan fingerprint density at radius 2 is 1.77 bits per heavy atom. The number of rotatable bonds is 7. The molecule has 40 heavy (non-hydrogen) atoms. The largest absolute Gasteiger partial charge is 0.497 e. The highest BCUT2D eigenvalue weighted by Gasteiger charge is 2.33. The van der Waals surface area contributed by atoms with Gasteiger partial charge in [-0.25, -0.2) is 9.07 Å². The van der Waals surface area contributed by atoms with Crippen molar-refractivity contribution in [1.82, 2.24) is 30.1 Å². The first kappa shape index (κ1) is 25.7. The molecule has 10 heteroatoms. The summed E-state index contributed by atoms with van der Waals surface area (Å²) >= 11 is 0. The minimum Gasteiger partial charge on any atom is -0.497 e. The predicted octanol–water partition coefficient (Wildman–Crippen LogP) is 3.93. The van der Waals surface area contributed by atoms with Crippen molar-refractivity contribution < 1.29 is 9.13 Å². The number of para-hydroxylation sites is 1. The Labute approximate surface area is 230 Å². The lowest BCUT2D eigenvalue weighted by atomic mass is 10.0. The normalized spacial score (nSPS) is 14.9. The summed E-state index contributed by atoms with van der Waals surface area (Å²) in [4.78, 5) is 20.8. The van der Waals surface area contributed by atoms with Crippen LogP contribution in [0, 0.1) is 12.7 Å². The van der Waals surface area contributed by atoms with Gasteiger partial charge in [0.15, 0.2) is 5.82 Å². The molecular formula is C30H30FN7O2. The fourth-order valence-electron chi connectivity index (χ4n) is 5.40. The van der Waals surface area contributed by atoms with Crippen molar-refractivity contribution >= 4 is 16.6 Å². The number of methoxy groups -OCH3 is 1. The number of anilines is 1. The number of fused-ring (bicyclic) bond motifs is 1. The van der Waals surface area contributed by atoms with Crippen molar-refractivity contribution in [2.45, 2.75) is 19.5 Å². The lowest BCUT2D eigenvalue weighted by Crippen LogP contribution is -2.49. The highest BCUT2D eigenvalue weighted by Crippen LogP contribution is 2.30. The van der Waals surface area contributed by atoms with Gasteiger partial charge in [-0.05, 0) is 70.8 Å². The van der Waals surface area contributed by atoms with Crippen LogP contribution < -0.4 is 15.2 Å². The molecule has 1 saturated heterocycles. The third-order valence-electron chi connectivity index (χ3n) is 7.49. The van der Waals surface area contributed by atoms with Gasteiger partial charge < -0.3 is 14.6 Å². The second kappa shape index (κ2) is 10.9. The van der Waals surface area contributed by atoms with Crippen LogP contribution >= 0.6 is 0 Å². The number of piperazine rings is 1. The molecule has 2 aromatic heterocycles. The number of aromatic nitrogens is 5. The van der Waals surface area contributed by atoms with Crippen molar-refractivity contribution in [3.05, 3.63) is 111 Å². The van der Waals surface area contributed by atoms with Gasteiger partial charge in [0.05, 0.1) is 19.3 Å². The van der Waals surface area contributed by atoms with E-state index in [4.69, 9.17) is 4.74 Å². The maximum Gasteiger partial charge on any atom is 0.253 e. The van der Waals surface area contributed by atoms with Crippen LogP contribution in [0.25, 0.3) is 10.9 Å². The number of ether oxygens (including phenoxy) is 1. The fourth-order valence-corrected chi connectivity index (χ4v) is 5.40. The Balaban J connectivity index is 1.38. The van der Waals surface area contributed by atoms with E-state index in [0.717, 1.165) is 27.8 Å². The molecule has 1 fully saturated rings. The van der Waals surface area contributed by atoms with Gasteiger partial charge in [0.2, 0.25) is 0 Å². The highest BCUT2D eigenvalue weighted by atomic mass is 19.1. The van der Waals surface area contributed by atoms with Crippen LogP contribution in [0.1, 0.15) is 28.6 Å². The lowest BCUT2D eigenvalue weighted by molar-refractivity contribution is 0.200. The first-order valence-corrected chi connectivity index (χ1v) is 13.3. The monoisotopic (exact) mass is 539 g/mol. The van der Waals surface area contributed by atoms with Gasteiger partial charge in [-0.3, -0.25) is 9.69 Å². The smallest absolute Gasteiger partial charge is 0.253 e. The summed E-state index contributed by atoms with van der Waals surface area (Å²) in [7, 11) is 1.63. The summed E-state index contributed by atoms with van der Waals surface area (Å²) < 4.78 is 21.6. The minimum atomic E-state index is -0.496. The van der Waals surface area contributed by atoms with Crippen LogP contribution in [-0.2, 0) is 6.54 Å². The van der Waals surface area contributed by atoms with Crippen molar-refractivity contribution in [3.8, 4) is 5.75 Å². The molecule has 1 N–H and O–H groups in total. The molecule has 3 aromatic carbocycles. The summed E-state index contributed by atoms with van der Waals surface area (Å²) in [5, 5.41) is 13.7. The predicted molar refractivity (Wildman–Crippen MR) is 151 cm³/mol. The van der Waals surface area contributed by atoms with Crippen molar-refractivity contribution in [2.24, 2.45) is 0 Å². The zero-order valence-corrected chi connectivity index (χ0v) is 22.4. The Hall–Kier alpha value is -4.57. The van der Waals surface area contributed by atoms with E-state index in [1.54, 1.807) is 23.9 Å². The highest BCUT2D eigenvalue weighted by molar-refractivity contribution is 5.79. The lowest BCUT2D eigenvalue weighted by Gasteiger charge is -2.39. The number of hydrogen-bond acceptors (Lipinski definition) is 7. The Bertz CT molecular complexity index is 1690. The van der Waals surface area contributed by atoms with Crippen molar-refractivity contribution in [2.75, 3.05) is 38.2 Å². The number of H-pyrrole nitrogens is 1. The van der Waals surface area contributed by atoms with E-state index < -0.39 is 6.04 Å². The number of aromatic amines is 1. The Morgan fingerprint density at radius 1 is 1.00 bits per heavy atom. The molecule has 5 aromatic rings. The van der Waals surface area contributed by atoms with E-state index in [2.05, 4.69) is 31.5 Å². The number of halogens is 1. The average Bonchev–Trinajstić information content (AvgIpc) is 3.42. The van der Waals surface area contributed by atoms with Gasteiger partial charge in [0.1, 0.15) is 17.6 Å². The maximum atomic E-state index is 14.5.